The van der Waals surface area contributed by atoms with Gasteiger partial charge in [0.25, 0.3) is 15.6 Å². The molecule has 31 heavy (non-hydrogen) atoms. The molecule has 0 bridgehead atoms. The molecule has 0 atom stereocenters. The molecule has 0 unspecified atom stereocenters. The average molecular weight is 490 g/mol. The lowest BCUT2D eigenvalue weighted by atomic mass is 9.92. The lowest BCUT2D eigenvalue weighted by Gasteiger charge is -2.36. The first-order chi connectivity index (χ1) is 14.2. The van der Waals surface area contributed by atoms with Gasteiger partial charge >= 0.3 is 12.4 Å². The Morgan fingerprint density at radius 2 is 1.48 bits per heavy atom. The summed E-state index contributed by atoms with van der Waals surface area (Å²) in [6, 6.07) is 3.14. The largest absolute Gasteiger partial charge is 0.430 e. The molecule has 2 aromatic rings. The maximum atomic E-state index is 13.0. The second-order valence-electron chi connectivity index (χ2n) is 6.67. The summed E-state index contributed by atoms with van der Waals surface area (Å²) in [5.74, 6) is 0. The van der Waals surface area contributed by atoms with E-state index in [0.29, 0.717) is 12.1 Å². The number of nitrogens with two attached hydrogens (primary N) is 1. The number of sulfonamides is 1. The van der Waals surface area contributed by atoms with Gasteiger partial charge < -0.3 is 15.7 Å². The zero-order valence-corrected chi connectivity index (χ0v) is 17.1. The molecule has 0 radical (unpaired) electrons. The topological polar surface area (TPSA) is 99.8 Å². The van der Waals surface area contributed by atoms with Gasteiger partial charge in [-0.2, -0.15) is 30.6 Å². The first-order valence-electron chi connectivity index (χ1n) is 8.60. The van der Waals surface area contributed by atoms with Gasteiger partial charge in [-0.25, -0.2) is 13.4 Å². The van der Waals surface area contributed by atoms with Gasteiger partial charge in [-0.05, 0) is 12.1 Å². The summed E-state index contributed by atoms with van der Waals surface area (Å²) in [6.07, 6.45) is -10.7. The van der Waals surface area contributed by atoms with Crippen LogP contribution in [0.5, 0.6) is 0 Å². The standard InChI is InChI=1S/C16H16F6N4O3S2/c17-15(18,19)14(27,16(20,21)22)10-1-3-11(4-2-10)25-5-7-26(8-6-25)31(28,29)13-24-9-12(23)30-13/h1-4,9,27H,5-8,23H2. The maximum Gasteiger partial charge on any atom is 0.430 e. The average Bonchev–Trinajstić information content (AvgIpc) is 3.13. The summed E-state index contributed by atoms with van der Waals surface area (Å²) < 4.78 is 104. The van der Waals surface area contributed by atoms with E-state index < -0.39 is 33.5 Å². The Morgan fingerprint density at radius 1 is 0.968 bits per heavy atom. The highest BCUT2D eigenvalue weighted by atomic mass is 32.2. The molecule has 3 N–H and O–H groups in total. The zero-order valence-electron chi connectivity index (χ0n) is 15.5. The third-order valence-electron chi connectivity index (χ3n) is 4.77. The minimum absolute atomic E-state index is 0.0264. The summed E-state index contributed by atoms with van der Waals surface area (Å²) in [6.45, 7) is 0.335. The fourth-order valence-electron chi connectivity index (χ4n) is 3.09. The Kier molecular flexibility index (Phi) is 5.92. The van der Waals surface area contributed by atoms with E-state index in [-0.39, 0.29) is 41.2 Å². The number of rotatable bonds is 4. The molecule has 15 heteroatoms. The number of anilines is 2. The first kappa shape index (κ1) is 23.6. The maximum absolute atomic E-state index is 13.0. The first-order valence-corrected chi connectivity index (χ1v) is 10.9. The van der Waals surface area contributed by atoms with Crippen LogP contribution in [-0.4, -0.2) is 61.3 Å². The van der Waals surface area contributed by atoms with Crippen molar-refractivity contribution in [1.29, 1.82) is 0 Å². The number of hydrogen-bond acceptors (Lipinski definition) is 7. The fraction of sp³-hybridized carbons (Fsp3) is 0.438. The van der Waals surface area contributed by atoms with E-state index in [4.69, 9.17) is 5.73 Å². The minimum Gasteiger partial charge on any atom is -0.389 e. The van der Waals surface area contributed by atoms with Crippen LogP contribution in [0.25, 0.3) is 0 Å². The minimum atomic E-state index is -5.97. The van der Waals surface area contributed by atoms with E-state index in [1.165, 1.54) is 10.5 Å². The zero-order chi connectivity index (χ0) is 23.2. The highest BCUT2D eigenvalue weighted by molar-refractivity contribution is 7.91. The molecule has 1 aromatic heterocycles. The summed E-state index contributed by atoms with van der Waals surface area (Å²) in [5.41, 5.74) is -0.573. The Hall–Kier alpha value is -2.10. The third-order valence-corrected chi connectivity index (χ3v) is 7.87. The molecule has 172 valence electrons. The SMILES string of the molecule is Nc1cnc(S(=O)(=O)N2CCN(c3ccc(C(O)(C(F)(F)F)C(F)(F)F)cc3)CC2)s1. The van der Waals surface area contributed by atoms with Gasteiger partial charge in [0, 0.05) is 37.4 Å². The van der Waals surface area contributed by atoms with Gasteiger partial charge in [0.2, 0.25) is 4.34 Å². The predicted molar refractivity (Wildman–Crippen MR) is 99.9 cm³/mol. The van der Waals surface area contributed by atoms with Gasteiger partial charge in [0.05, 0.1) is 6.20 Å². The number of hydrogen-bond donors (Lipinski definition) is 2. The van der Waals surface area contributed by atoms with Crippen molar-refractivity contribution in [2.75, 3.05) is 36.8 Å². The van der Waals surface area contributed by atoms with E-state index in [1.807, 2.05) is 0 Å². The highest BCUT2D eigenvalue weighted by Crippen LogP contribution is 2.50. The lowest BCUT2D eigenvalue weighted by Crippen LogP contribution is -2.54. The number of alkyl halides is 6. The Labute approximate surface area is 176 Å². The van der Waals surface area contributed by atoms with Crippen LogP contribution in [0.1, 0.15) is 5.56 Å². The van der Waals surface area contributed by atoms with Gasteiger partial charge in [-0.15, -0.1) is 0 Å². The number of nitrogens with zero attached hydrogens (tertiary/aromatic N) is 3. The van der Waals surface area contributed by atoms with Crippen molar-refractivity contribution < 1.29 is 39.9 Å². The van der Waals surface area contributed by atoms with Crippen LogP contribution in [0, 0.1) is 0 Å². The van der Waals surface area contributed by atoms with Crippen LogP contribution in [-0.2, 0) is 15.6 Å². The molecule has 3 rings (SSSR count). The molecular weight excluding hydrogens is 474 g/mol. The molecule has 0 aliphatic carbocycles. The van der Waals surface area contributed by atoms with Crippen molar-refractivity contribution in [1.82, 2.24) is 9.29 Å². The molecule has 1 saturated heterocycles. The van der Waals surface area contributed by atoms with Crippen molar-refractivity contribution in [3.8, 4) is 0 Å². The van der Waals surface area contributed by atoms with Crippen LogP contribution >= 0.6 is 11.3 Å². The fourth-order valence-corrected chi connectivity index (χ4v) is 5.58. The second kappa shape index (κ2) is 7.79. The molecular formula is C16H16F6N4O3S2. The van der Waals surface area contributed by atoms with Gasteiger partial charge in [-0.1, -0.05) is 23.5 Å². The predicted octanol–water partition coefficient (Wildman–Crippen LogP) is 2.55. The number of piperazine rings is 1. The smallest absolute Gasteiger partial charge is 0.389 e. The van der Waals surface area contributed by atoms with Crippen LogP contribution in [0.15, 0.2) is 34.8 Å². The molecule has 1 aromatic carbocycles. The molecule has 1 aliphatic rings. The van der Waals surface area contributed by atoms with Crippen LogP contribution in [0.4, 0.5) is 37.0 Å². The quantitative estimate of drug-likeness (QED) is 0.640. The number of halogens is 6. The number of thiazole rings is 1. The second-order valence-corrected chi connectivity index (χ2v) is 9.85. The van der Waals surface area contributed by atoms with E-state index in [1.54, 1.807) is 4.90 Å². The highest BCUT2D eigenvalue weighted by Gasteiger charge is 2.71. The Bertz CT molecular complexity index is 1010. The summed E-state index contributed by atoms with van der Waals surface area (Å²) >= 11 is 0.809. The van der Waals surface area contributed by atoms with E-state index in [9.17, 15) is 39.9 Å². The van der Waals surface area contributed by atoms with Crippen LogP contribution in [0.3, 0.4) is 0 Å². The van der Waals surface area contributed by atoms with E-state index in [0.717, 1.165) is 23.5 Å². The molecule has 1 aliphatic heterocycles. The summed E-state index contributed by atoms with van der Waals surface area (Å²) in [4.78, 5) is 5.36. The number of aliphatic hydroxyl groups is 1. The molecule has 2 heterocycles. The van der Waals surface area contributed by atoms with E-state index in [2.05, 4.69) is 4.98 Å². The van der Waals surface area contributed by atoms with Gasteiger partial charge in [0.15, 0.2) is 0 Å². The Balaban J connectivity index is 1.75. The number of nitrogen functional groups attached to an aromatic ring is 1. The van der Waals surface area contributed by atoms with Crippen molar-refractivity contribution in [3.63, 3.8) is 0 Å². The lowest BCUT2D eigenvalue weighted by molar-refractivity contribution is -0.376. The van der Waals surface area contributed by atoms with Crippen LogP contribution < -0.4 is 10.6 Å². The monoisotopic (exact) mass is 490 g/mol. The molecule has 7 nitrogen and oxygen atoms in total. The van der Waals surface area contributed by atoms with Crippen LogP contribution in [0.2, 0.25) is 0 Å². The summed E-state index contributed by atoms with van der Waals surface area (Å²) in [5, 5.41) is 9.67. The summed E-state index contributed by atoms with van der Waals surface area (Å²) in [7, 11) is -3.85. The number of aromatic nitrogens is 1. The molecule has 0 spiro atoms. The van der Waals surface area contributed by atoms with Gasteiger partial charge in [0.1, 0.15) is 5.00 Å². The van der Waals surface area contributed by atoms with Crippen molar-refractivity contribution in [2.45, 2.75) is 22.3 Å². The molecule has 0 saturated carbocycles. The van der Waals surface area contributed by atoms with Crippen molar-refractivity contribution >= 4 is 32.0 Å². The number of benzene rings is 1. The third kappa shape index (κ3) is 4.18. The van der Waals surface area contributed by atoms with E-state index >= 15 is 0 Å². The molecule has 0 amide bonds. The van der Waals surface area contributed by atoms with Crippen molar-refractivity contribution in [2.24, 2.45) is 0 Å². The normalized spacial score (nSPS) is 17.2. The van der Waals surface area contributed by atoms with Crippen molar-refractivity contribution in [3.05, 3.63) is 36.0 Å². The molecule has 1 fully saturated rings. The van der Waals surface area contributed by atoms with Gasteiger partial charge in [-0.3, -0.25) is 0 Å². The Morgan fingerprint density at radius 3 is 1.90 bits per heavy atom.